The first-order valence-corrected chi connectivity index (χ1v) is 11.0. The highest BCUT2D eigenvalue weighted by atomic mass is 32.2. The van der Waals surface area contributed by atoms with Crippen molar-refractivity contribution in [1.82, 2.24) is 9.88 Å². The minimum absolute atomic E-state index is 0.0806. The van der Waals surface area contributed by atoms with Crippen LogP contribution >= 0.6 is 11.8 Å². The lowest BCUT2D eigenvalue weighted by Crippen LogP contribution is -2.41. The van der Waals surface area contributed by atoms with E-state index in [-0.39, 0.29) is 17.9 Å². The minimum atomic E-state index is -0.331. The van der Waals surface area contributed by atoms with Gasteiger partial charge in [-0.25, -0.2) is 9.78 Å². The van der Waals surface area contributed by atoms with Gasteiger partial charge >= 0.3 is 6.03 Å². The fraction of sp³-hybridized carbons (Fsp3) is 0.318. The molecule has 1 aliphatic rings. The molecule has 0 spiro atoms. The molecule has 7 nitrogen and oxygen atoms in total. The molecule has 30 heavy (non-hydrogen) atoms. The van der Waals surface area contributed by atoms with Crippen molar-refractivity contribution in [3.8, 4) is 0 Å². The van der Waals surface area contributed by atoms with Crippen molar-refractivity contribution < 1.29 is 14.0 Å². The summed E-state index contributed by atoms with van der Waals surface area (Å²) >= 11 is 1.50. The number of carbonyl (C=O) groups excluding carboxylic acids is 2. The molecule has 1 aromatic heterocycles. The van der Waals surface area contributed by atoms with Crippen LogP contribution in [0.5, 0.6) is 0 Å². The summed E-state index contributed by atoms with van der Waals surface area (Å²) in [5.41, 5.74) is 7.57. The van der Waals surface area contributed by atoms with Crippen LogP contribution in [0, 0.1) is 0 Å². The maximum Gasteiger partial charge on any atom is 0.321 e. The Balaban J connectivity index is 1.42. The average Bonchev–Trinajstić information content (AvgIpc) is 3.19. The van der Waals surface area contributed by atoms with Crippen molar-refractivity contribution in [2.75, 3.05) is 24.2 Å². The van der Waals surface area contributed by atoms with Gasteiger partial charge in [0.25, 0.3) is 0 Å². The van der Waals surface area contributed by atoms with Crippen LogP contribution in [-0.2, 0) is 4.79 Å². The third-order valence-corrected chi connectivity index (χ3v) is 6.18. The predicted molar refractivity (Wildman–Crippen MR) is 118 cm³/mol. The highest BCUT2D eigenvalue weighted by molar-refractivity contribution is 7.99. The number of rotatable bonds is 6. The molecule has 2 heterocycles. The largest absolute Gasteiger partial charge is 0.440 e. The zero-order valence-electron chi connectivity index (χ0n) is 16.5. The van der Waals surface area contributed by atoms with Crippen LogP contribution in [-0.4, -0.2) is 40.7 Å². The van der Waals surface area contributed by atoms with E-state index in [9.17, 15) is 9.59 Å². The molecule has 1 atom stereocenters. The van der Waals surface area contributed by atoms with Crippen molar-refractivity contribution in [3.63, 3.8) is 0 Å². The fourth-order valence-corrected chi connectivity index (χ4v) is 4.55. The van der Waals surface area contributed by atoms with E-state index < -0.39 is 0 Å². The van der Waals surface area contributed by atoms with Gasteiger partial charge in [0.1, 0.15) is 5.52 Å². The molecule has 2 aromatic carbocycles. The number of urea groups is 1. The maximum atomic E-state index is 12.9. The Morgan fingerprint density at radius 2 is 2.00 bits per heavy atom. The molecule has 0 aliphatic carbocycles. The molecule has 1 fully saturated rings. The van der Waals surface area contributed by atoms with Crippen LogP contribution in [0.2, 0.25) is 0 Å². The standard InChI is InChI=1S/C22H24N4O3S/c23-20(27)11-13-30-19-10-4-2-8-17(19)25-22(28)26-12-5-6-15(14-26)21-24-16-7-1-3-9-18(16)29-21/h1-4,7-10,15H,5-6,11-14H2,(H2,23,27)(H,25,28). The molecule has 3 N–H and O–H groups in total. The topological polar surface area (TPSA) is 101 Å². The first-order chi connectivity index (χ1) is 14.6. The van der Waals surface area contributed by atoms with Crippen LogP contribution < -0.4 is 11.1 Å². The fourth-order valence-electron chi connectivity index (χ4n) is 3.58. The summed E-state index contributed by atoms with van der Waals surface area (Å²) in [5.74, 6) is 1.02. The molecular weight excluding hydrogens is 400 g/mol. The van der Waals surface area contributed by atoms with Gasteiger partial charge in [0.05, 0.1) is 11.6 Å². The van der Waals surface area contributed by atoms with Crippen molar-refractivity contribution >= 4 is 40.5 Å². The molecule has 0 saturated carbocycles. The number of nitrogens with zero attached hydrogens (tertiary/aromatic N) is 2. The van der Waals surface area contributed by atoms with E-state index >= 15 is 0 Å². The van der Waals surface area contributed by atoms with Gasteiger partial charge in [-0.3, -0.25) is 4.79 Å². The SMILES string of the molecule is NC(=O)CCSc1ccccc1NC(=O)N1CCCC(c2nc3ccccc3o2)C1. The highest BCUT2D eigenvalue weighted by Gasteiger charge is 2.28. The molecule has 3 aromatic rings. The maximum absolute atomic E-state index is 12.9. The zero-order valence-corrected chi connectivity index (χ0v) is 17.4. The van der Waals surface area contributed by atoms with Crippen LogP contribution in [0.1, 0.15) is 31.1 Å². The first kappa shape index (κ1) is 20.3. The second-order valence-corrected chi connectivity index (χ2v) is 8.43. The van der Waals surface area contributed by atoms with E-state index in [0.29, 0.717) is 31.2 Å². The van der Waals surface area contributed by atoms with E-state index in [1.165, 1.54) is 11.8 Å². The monoisotopic (exact) mass is 424 g/mol. The zero-order chi connectivity index (χ0) is 20.9. The van der Waals surface area contributed by atoms with Gasteiger partial charge in [0.2, 0.25) is 5.91 Å². The number of fused-ring (bicyclic) bond motifs is 1. The third-order valence-electron chi connectivity index (χ3n) is 5.10. The molecule has 1 saturated heterocycles. The Labute approximate surface area is 179 Å². The number of hydrogen-bond acceptors (Lipinski definition) is 5. The summed E-state index contributed by atoms with van der Waals surface area (Å²) in [7, 11) is 0. The second-order valence-electron chi connectivity index (χ2n) is 7.30. The number of carbonyl (C=O) groups is 2. The summed E-state index contributed by atoms with van der Waals surface area (Å²) in [5, 5.41) is 3.02. The lowest BCUT2D eigenvalue weighted by atomic mass is 9.98. The number of benzene rings is 2. The van der Waals surface area contributed by atoms with Gasteiger partial charge in [-0.05, 0) is 37.1 Å². The quantitative estimate of drug-likeness (QED) is 0.577. The predicted octanol–water partition coefficient (Wildman–Crippen LogP) is 4.21. The summed E-state index contributed by atoms with van der Waals surface area (Å²) in [6, 6.07) is 15.2. The molecule has 156 valence electrons. The normalized spacial score (nSPS) is 16.5. The number of nitrogens with two attached hydrogens (primary N) is 1. The second kappa shape index (κ2) is 9.21. The Hall–Kier alpha value is -3.00. The number of thioether (sulfide) groups is 1. The van der Waals surface area contributed by atoms with E-state index in [1.54, 1.807) is 0 Å². The van der Waals surface area contributed by atoms with Gasteiger partial charge in [-0.15, -0.1) is 11.8 Å². The summed E-state index contributed by atoms with van der Waals surface area (Å²) in [6.45, 7) is 1.26. The summed E-state index contributed by atoms with van der Waals surface area (Å²) in [6.07, 6.45) is 2.13. The Kier molecular flexibility index (Phi) is 6.23. The van der Waals surface area contributed by atoms with Crippen molar-refractivity contribution in [3.05, 3.63) is 54.4 Å². The van der Waals surface area contributed by atoms with Crippen molar-refractivity contribution in [2.24, 2.45) is 5.73 Å². The summed E-state index contributed by atoms with van der Waals surface area (Å²) in [4.78, 5) is 31.3. The number of likely N-dealkylation sites (tertiary alicyclic amines) is 1. The number of para-hydroxylation sites is 3. The van der Waals surface area contributed by atoms with E-state index in [2.05, 4.69) is 10.3 Å². The number of hydrogen-bond donors (Lipinski definition) is 2. The number of primary amides is 1. The minimum Gasteiger partial charge on any atom is -0.440 e. The molecule has 0 radical (unpaired) electrons. The van der Waals surface area contributed by atoms with Crippen molar-refractivity contribution in [2.45, 2.75) is 30.1 Å². The Morgan fingerprint density at radius 3 is 2.83 bits per heavy atom. The van der Waals surface area contributed by atoms with Crippen LogP contribution in [0.4, 0.5) is 10.5 Å². The molecule has 8 heteroatoms. The van der Waals surface area contributed by atoms with Gasteiger partial charge < -0.3 is 20.4 Å². The average molecular weight is 425 g/mol. The van der Waals surface area contributed by atoms with Crippen LogP contribution in [0.3, 0.4) is 0 Å². The summed E-state index contributed by atoms with van der Waals surface area (Å²) < 4.78 is 5.93. The molecule has 1 unspecified atom stereocenters. The molecule has 3 amide bonds. The molecule has 0 bridgehead atoms. The number of piperidine rings is 1. The van der Waals surface area contributed by atoms with Crippen LogP contribution in [0.25, 0.3) is 11.1 Å². The van der Waals surface area contributed by atoms with Crippen LogP contribution in [0.15, 0.2) is 57.8 Å². The highest BCUT2D eigenvalue weighted by Crippen LogP contribution is 2.31. The number of aromatic nitrogens is 1. The lowest BCUT2D eigenvalue weighted by molar-refractivity contribution is -0.117. The first-order valence-electron chi connectivity index (χ1n) is 10.0. The van der Waals surface area contributed by atoms with Gasteiger partial charge in [-0.1, -0.05) is 24.3 Å². The number of nitrogens with one attached hydrogen (secondary N) is 1. The lowest BCUT2D eigenvalue weighted by Gasteiger charge is -2.31. The van der Waals surface area contributed by atoms with E-state index in [0.717, 1.165) is 34.5 Å². The Morgan fingerprint density at radius 1 is 1.20 bits per heavy atom. The van der Waals surface area contributed by atoms with Gasteiger partial charge in [0.15, 0.2) is 11.5 Å². The molecule has 1 aliphatic heterocycles. The van der Waals surface area contributed by atoms with E-state index in [1.807, 2.05) is 53.4 Å². The molecular formula is C22H24N4O3S. The van der Waals surface area contributed by atoms with Crippen molar-refractivity contribution in [1.29, 1.82) is 0 Å². The number of oxazole rings is 1. The number of anilines is 1. The molecule has 4 rings (SSSR count). The smallest absolute Gasteiger partial charge is 0.321 e. The van der Waals surface area contributed by atoms with Gasteiger partial charge in [-0.2, -0.15) is 0 Å². The van der Waals surface area contributed by atoms with Gasteiger partial charge in [0, 0.05) is 30.2 Å². The third kappa shape index (κ3) is 4.76. The number of amides is 3. The van der Waals surface area contributed by atoms with E-state index in [4.69, 9.17) is 10.2 Å². The Bertz CT molecular complexity index is 1020.